The molecule has 1 heterocycles. The smallest absolute Gasteiger partial charge is 0.0223 e. The van der Waals surface area contributed by atoms with Crippen LogP contribution in [0.15, 0.2) is 0 Å². The fourth-order valence-electron chi connectivity index (χ4n) is 1.74. The lowest BCUT2D eigenvalue weighted by Crippen LogP contribution is -2.54. The van der Waals surface area contributed by atoms with Gasteiger partial charge in [-0.15, -0.1) is 0 Å². The van der Waals surface area contributed by atoms with Crippen molar-refractivity contribution >= 4 is 0 Å². The summed E-state index contributed by atoms with van der Waals surface area (Å²) in [5.74, 6) is 0.811. The average Bonchev–Trinajstić information content (AvgIpc) is 1.91. The van der Waals surface area contributed by atoms with Crippen LogP contribution in [0.25, 0.3) is 0 Å². The van der Waals surface area contributed by atoms with Gasteiger partial charge in [-0.05, 0) is 39.7 Å². The van der Waals surface area contributed by atoms with E-state index >= 15 is 0 Å². The molecule has 0 bridgehead atoms. The second-order valence-electron chi connectivity index (χ2n) is 4.97. The monoisotopic (exact) mass is 170 g/mol. The Bertz CT molecular complexity index is 137. The van der Waals surface area contributed by atoms with Crippen LogP contribution in [-0.4, -0.2) is 24.7 Å². The van der Waals surface area contributed by atoms with Crippen LogP contribution in [0.5, 0.6) is 0 Å². The van der Waals surface area contributed by atoms with Crippen LogP contribution in [0.3, 0.4) is 0 Å². The van der Waals surface area contributed by atoms with Crippen molar-refractivity contribution in [3.8, 4) is 0 Å². The van der Waals surface area contributed by atoms with Crippen LogP contribution in [0.2, 0.25) is 0 Å². The van der Waals surface area contributed by atoms with Crippen molar-refractivity contribution in [2.24, 2.45) is 5.92 Å². The van der Waals surface area contributed by atoms with Crippen molar-refractivity contribution in [1.82, 2.24) is 10.6 Å². The molecule has 1 aliphatic rings. The van der Waals surface area contributed by atoms with E-state index in [0.717, 1.165) is 12.5 Å². The molecule has 12 heavy (non-hydrogen) atoms. The summed E-state index contributed by atoms with van der Waals surface area (Å²) in [4.78, 5) is 0. The van der Waals surface area contributed by atoms with Crippen LogP contribution < -0.4 is 10.6 Å². The lowest BCUT2D eigenvalue weighted by molar-refractivity contribution is 0.244. The standard InChI is InChI=1S/C10H22N2/c1-8-5-6-11-7-9(8)12-10(2,3)4/h8-9,11-12H,5-7H2,1-4H3/t8-,9?/m1/s1. The maximum absolute atomic E-state index is 3.65. The zero-order valence-electron chi connectivity index (χ0n) is 8.78. The second kappa shape index (κ2) is 3.75. The summed E-state index contributed by atoms with van der Waals surface area (Å²) in [6.45, 7) is 11.3. The molecule has 1 unspecified atom stereocenters. The molecule has 0 aromatic heterocycles. The Kier molecular flexibility index (Phi) is 3.13. The molecule has 0 radical (unpaired) electrons. The van der Waals surface area contributed by atoms with Crippen LogP contribution in [0.4, 0.5) is 0 Å². The fourth-order valence-corrected chi connectivity index (χ4v) is 1.74. The predicted molar refractivity (Wildman–Crippen MR) is 53.3 cm³/mol. The van der Waals surface area contributed by atoms with E-state index in [9.17, 15) is 0 Å². The lowest BCUT2D eigenvalue weighted by atomic mass is 9.92. The molecule has 0 saturated carbocycles. The Morgan fingerprint density at radius 2 is 2.00 bits per heavy atom. The van der Waals surface area contributed by atoms with Gasteiger partial charge in [-0.2, -0.15) is 0 Å². The quantitative estimate of drug-likeness (QED) is 0.621. The Balaban J connectivity index is 2.39. The Morgan fingerprint density at radius 1 is 1.33 bits per heavy atom. The molecule has 0 spiro atoms. The molecule has 2 nitrogen and oxygen atoms in total. The molecule has 0 amide bonds. The summed E-state index contributed by atoms with van der Waals surface area (Å²) in [6.07, 6.45) is 1.30. The van der Waals surface area contributed by atoms with Gasteiger partial charge in [-0.25, -0.2) is 0 Å². The first kappa shape index (κ1) is 10.0. The summed E-state index contributed by atoms with van der Waals surface area (Å²) in [5, 5.41) is 7.07. The SMILES string of the molecule is C[C@@H]1CCNCC1NC(C)(C)C. The zero-order valence-corrected chi connectivity index (χ0v) is 8.78. The molecular formula is C10H22N2. The van der Waals surface area contributed by atoms with E-state index in [4.69, 9.17) is 0 Å². The van der Waals surface area contributed by atoms with E-state index in [1.165, 1.54) is 13.0 Å². The Hall–Kier alpha value is -0.0800. The van der Waals surface area contributed by atoms with E-state index < -0.39 is 0 Å². The number of rotatable bonds is 1. The van der Waals surface area contributed by atoms with E-state index in [1.807, 2.05) is 0 Å². The van der Waals surface area contributed by atoms with Gasteiger partial charge in [0.2, 0.25) is 0 Å². The Morgan fingerprint density at radius 3 is 2.50 bits per heavy atom. The molecular weight excluding hydrogens is 148 g/mol. The van der Waals surface area contributed by atoms with E-state index in [0.29, 0.717) is 6.04 Å². The first-order valence-electron chi connectivity index (χ1n) is 4.97. The fraction of sp³-hybridized carbons (Fsp3) is 1.00. The molecule has 1 rings (SSSR count). The molecule has 72 valence electrons. The first-order chi connectivity index (χ1) is 5.49. The minimum Gasteiger partial charge on any atom is -0.315 e. The summed E-state index contributed by atoms with van der Waals surface area (Å²) >= 11 is 0. The van der Waals surface area contributed by atoms with E-state index in [1.54, 1.807) is 0 Å². The highest BCUT2D eigenvalue weighted by Gasteiger charge is 2.24. The van der Waals surface area contributed by atoms with Gasteiger partial charge >= 0.3 is 0 Å². The van der Waals surface area contributed by atoms with E-state index in [2.05, 4.69) is 38.3 Å². The van der Waals surface area contributed by atoms with Gasteiger partial charge in [0.15, 0.2) is 0 Å². The number of nitrogens with one attached hydrogen (secondary N) is 2. The highest BCUT2D eigenvalue weighted by Crippen LogP contribution is 2.14. The van der Waals surface area contributed by atoms with Crippen molar-refractivity contribution in [1.29, 1.82) is 0 Å². The summed E-state index contributed by atoms with van der Waals surface area (Å²) in [6, 6.07) is 0.652. The molecule has 0 aromatic rings. The van der Waals surface area contributed by atoms with Crippen molar-refractivity contribution in [3.05, 3.63) is 0 Å². The summed E-state index contributed by atoms with van der Waals surface area (Å²) in [5.41, 5.74) is 0.248. The summed E-state index contributed by atoms with van der Waals surface area (Å²) < 4.78 is 0. The van der Waals surface area contributed by atoms with Crippen molar-refractivity contribution < 1.29 is 0 Å². The second-order valence-corrected chi connectivity index (χ2v) is 4.97. The zero-order chi connectivity index (χ0) is 9.19. The third-order valence-corrected chi connectivity index (χ3v) is 2.45. The van der Waals surface area contributed by atoms with Crippen LogP contribution in [0, 0.1) is 5.92 Å². The predicted octanol–water partition coefficient (Wildman–Crippen LogP) is 1.37. The maximum Gasteiger partial charge on any atom is 0.0223 e. The maximum atomic E-state index is 3.65. The molecule has 1 fully saturated rings. The van der Waals surface area contributed by atoms with Gasteiger partial charge in [0.05, 0.1) is 0 Å². The van der Waals surface area contributed by atoms with Gasteiger partial charge < -0.3 is 10.6 Å². The molecule has 1 aliphatic heterocycles. The molecule has 0 aromatic carbocycles. The van der Waals surface area contributed by atoms with Crippen molar-refractivity contribution in [3.63, 3.8) is 0 Å². The Labute approximate surface area is 76.1 Å². The molecule has 2 atom stereocenters. The van der Waals surface area contributed by atoms with Crippen molar-refractivity contribution in [2.75, 3.05) is 13.1 Å². The normalized spacial score (nSPS) is 32.0. The molecule has 0 aliphatic carbocycles. The van der Waals surface area contributed by atoms with Gasteiger partial charge in [-0.3, -0.25) is 0 Å². The van der Waals surface area contributed by atoms with Crippen LogP contribution in [-0.2, 0) is 0 Å². The highest BCUT2D eigenvalue weighted by molar-refractivity contribution is 4.85. The van der Waals surface area contributed by atoms with Crippen molar-refractivity contribution in [2.45, 2.75) is 45.7 Å². The average molecular weight is 170 g/mol. The molecule has 1 saturated heterocycles. The lowest BCUT2D eigenvalue weighted by Gasteiger charge is -2.35. The van der Waals surface area contributed by atoms with Crippen LogP contribution >= 0.6 is 0 Å². The van der Waals surface area contributed by atoms with Gasteiger partial charge in [0.1, 0.15) is 0 Å². The van der Waals surface area contributed by atoms with Crippen LogP contribution in [0.1, 0.15) is 34.1 Å². The highest BCUT2D eigenvalue weighted by atomic mass is 15.0. The van der Waals surface area contributed by atoms with E-state index in [-0.39, 0.29) is 5.54 Å². The summed E-state index contributed by atoms with van der Waals surface area (Å²) in [7, 11) is 0. The number of hydrogen-bond donors (Lipinski definition) is 2. The topological polar surface area (TPSA) is 24.1 Å². The number of piperidine rings is 1. The third-order valence-electron chi connectivity index (χ3n) is 2.45. The van der Waals surface area contributed by atoms with Gasteiger partial charge in [0.25, 0.3) is 0 Å². The molecule has 2 heteroatoms. The molecule has 2 N–H and O–H groups in total. The minimum atomic E-state index is 0.248. The van der Waals surface area contributed by atoms with Gasteiger partial charge in [0, 0.05) is 18.1 Å². The largest absolute Gasteiger partial charge is 0.315 e. The number of hydrogen-bond acceptors (Lipinski definition) is 2. The first-order valence-corrected chi connectivity index (χ1v) is 4.97. The minimum absolute atomic E-state index is 0.248. The third kappa shape index (κ3) is 3.11. The van der Waals surface area contributed by atoms with Gasteiger partial charge in [-0.1, -0.05) is 6.92 Å².